The highest BCUT2D eigenvalue weighted by Gasteiger charge is 2.26. The Labute approximate surface area is 54.1 Å². The maximum absolute atomic E-state index is 10.3. The molecule has 0 aliphatic heterocycles. The van der Waals surface area contributed by atoms with Crippen LogP contribution in [0.1, 0.15) is 6.42 Å². The van der Waals surface area contributed by atoms with E-state index in [0.717, 1.165) is 18.3 Å². The smallest absolute Gasteiger partial charge is 0.146 e. The average Bonchev–Trinajstić information content (AvgIpc) is 2.45. The Bertz CT molecular complexity index is 201. The Balaban J connectivity index is 2.32. The Morgan fingerprint density at radius 2 is 2.44 bits per heavy atom. The maximum Gasteiger partial charge on any atom is 0.146 e. The highest BCUT2D eigenvalue weighted by Crippen LogP contribution is 2.36. The lowest BCUT2D eigenvalue weighted by atomic mass is 10.1. The highest BCUT2D eigenvalue weighted by molar-refractivity contribution is 5.76. The van der Waals surface area contributed by atoms with E-state index >= 15 is 0 Å². The van der Waals surface area contributed by atoms with Crippen molar-refractivity contribution in [1.29, 1.82) is 0 Å². The molecule has 2 aliphatic rings. The van der Waals surface area contributed by atoms with Crippen LogP contribution in [0, 0.1) is 11.8 Å². The summed E-state index contributed by atoms with van der Waals surface area (Å²) in [7, 11) is 0. The molecule has 0 spiro atoms. The summed E-state index contributed by atoms with van der Waals surface area (Å²) in [6.45, 7) is 0. The molecule has 0 saturated heterocycles. The molecular weight excluding hydrogens is 112 g/mol. The summed E-state index contributed by atoms with van der Waals surface area (Å²) in [4.78, 5) is 10.3. The van der Waals surface area contributed by atoms with Crippen LogP contribution >= 0.6 is 0 Å². The van der Waals surface area contributed by atoms with Crippen molar-refractivity contribution < 1.29 is 4.79 Å². The molecule has 0 fully saturated rings. The van der Waals surface area contributed by atoms with E-state index in [1.807, 2.05) is 0 Å². The first-order valence-corrected chi connectivity index (χ1v) is 3.25. The zero-order valence-electron chi connectivity index (χ0n) is 5.08. The second-order valence-electron chi connectivity index (χ2n) is 2.68. The van der Waals surface area contributed by atoms with E-state index in [-0.39, 0.29) is 0 Å². The second-order valence-corrected chi connectivity index (χ2v) is 2.68. The van der Waals surface area contributed by atoms with Crippen LogP contribution in [0.4, 0.5) is 0 Å². The van der Waals surface area contributed by atoms with Crippen LogP contribution in [0.2, 0.25) is 0 Å². The number of hydrogen-bond donors (Lipinski definition) is 0. The average molecular weight is 120 g/mol. The third-order valence-corrected chi connectivity index (χ3v) is 2.09. The van der Waals surface area contributed by atoms with Crippen molar-refractivity contribution in [2.75, 3.05) is 0 Å². The van der Waals surface area contributed by atoms with Crippen molar-refractivity contribution >= 4 is 6.29 Å². The van der Waals surface area contributed by atoms with E-state index in [1.165, 1.54) is 0 Å². The van der Waals surface area contributed by atoms with E-state index in [0.29, 0.717) is 11.8 Å². The first kappa shape index (κ1) is 4.98. The van der Waals surface area contributed by atoms with Gasteiger partial charge in [-0.2, -0.15) is 0 Å². The molecule has 1 heteroatoms. The third-order valence-electron chi connectivity index (χ3n) is 2.09. The van der Waals surface area contributed by atoms with Crippen LogP contribution in [0.3, 0.4) is 0 Å². The zero-order valence-corrected chi connectivity index (χ0v) is 5.08. The predicted molar refractivity (Wildman–Crippen MR) is 34.9 cm³/mol. The van der Waals surface area contributed by atoms with Crippen molar-refractivity contribution in [3.05, 3.63) is 23.8 Å². The molecule has 0 heterocycles. The molecule has 0 amide bonds. The van der Waals surface area contributed by atoms with Gasteiger partial charge in [0.05, 0.1) is 0 Å². The fourth-order valence-electron chi connectivity index (χ4n) is 1.60. The number of rotatable bonds is 1. The summed E-state index contributed by atoms with van der Waals surface area (Å²) in [6.07, 6.45) is 8.51. The highest BCUT2D eigenvalue weighted by atomic mass is 16.1. The molecule has 9 heavy (non-hydrogen) atoms. The lowest BCUT2D eigenvalue weighted by molar-refractivity contribution is -0.105. The summed E-state index contributed by atoms with van der Waals surface area (Å²) in [6, 6.07) is 0. The van der Waals surface area contributed by atoms with Gasteiger partial charge in [-0.05, 0) is 17.9 Å². The van der Waals surface area contributed by atoms with Crippen molar-refractivity contribution in [2.24, 2.45) is 11.8 Å². The fraction of sp³-hybridized carbons (Fsp3) is 0.375. The molecule has 0 unspecified atom stereocenters. The Morgan fingerprint density at radius 1 is 1.56 bits per heavy atom. The number of aldehydes is 1. The molecule has 0 N–H and O–H groups in total. The normalized spacial score (nSPS) is 37.1. The van der Waals surface area contributed by atoms with Crippen molar-refractivity contribution in [2.45, 2.75) is 6.42 Å². The topological polar surface area (TPSA) is 17.1 Å². The van der Waals surface area contributed by atoms with Gasteiger partial charge in [0.25, 0.3) is 0 Å². The Hall–Kier alpha value is -0.850. The van der Waals surface area contributed by atoms with Gasteiger partial charge >= 0.3 is 0 Å². The van der Waals surface area contributed by atoms with Crippen LogP contribution in [-0.2, 0) is 4.79 Å². The maximum atomic E-state index is 10.3. The molecule has 2 rings (SSSR count). The fourth-order valence-corrected chi connectivity index (χ4v) is 1.60. The number of allylic oxidation sites excluding steroid dienone is 4. The van der Waals surface area contributed by atoms with Crippen LogP contribution < -0.4 is 0 Å². The molecule has 2 atom stereocenters. The molecule has 46 valence electrons. The summed E-state index contributed by atoms with van der Waals surface area (Å²) in [5.41, 5.74) is 0.988. The summed E-state index contributed by atoms with van der Waals surface area (Å²) < 4.78 is 0. The minimum atomic E-state index is 0.465. The van der Waals surface area contributed by atoms with E-state index < -0.39 is 0 Å². The van der Waals surface area contributed by atoms with Crippen molar-refractivity contribution in [1.82, 2.24) is 0 Å². The number of carbonyl (C=O) groups excluding carboxylic acids is 1. The minimum absolute atomic E-state index is 0.465. The van der Waals surface area contributed by atoms with Crippen molar-refractivity contribution in [3.8, 4) is 0 Å². The zero-order chi connectivity index (χ0) is 6.27. The third kappa shape index (κ3) is 0.576. The van der Waals surface area contributed by atoms with Crippen LogP contribution in [0.25, 0.3) is 0 Å². The van der Waals surface area contributed by atoms with E-state index in [9.17, 15) is 4.79 Å². The van der Waals surface area contributed by atoms with Crippen LogP contribution in [-0.4, -0.2) is 6.29 Å². The van der Waals surface area contributed by atoms with Gasteiger partial charge in [-0.15, -0.1) is 0 Å². The molecule has 0 aromatic heterocycles. The minimum Gasteiger partial charge on any atom is -0.298 e. The van der Waals surface area contributed by atoms with Gasteiger partial charge in [0.2, 0.25) is 0 Å². The first-order valence-electron chi connectivity index (χ1n) is 3.25. The molecule has 0 saturated carbocycles. The first-order chi connectivity index (χ1) is 4.40. The Kier molecular flexibility index (Phi) is 0.865. The van der Waals surface area contributed by atoms with Gasteiger partial charge in [0.15, 0.2) is 0 Å². The SMILES string of the molecule is O=CC1=C[C@@H]2C=C[C@H]1C2. The van der Waals surface area contributed by atoms with E-state index in [1.54, 1.807) is 0 Å². The number of carbonyl (C=O) groups is 1. The molecular formula is C8H8O. The van der Waals surface area contributed by atoms with Crippen molar-refractivity contribution in [3.63, 3.8) is 0 Å². The van der Waals surface area contributed by atoms with Gasteiger partial charge in [0, 0.05) is 5.92 Å². The molecule has 0 aromatic carbocycles. The number of hydrogen-bond acceptors (Lipinski definition) is 1. The summed E-state index contributed by atoms with van der Waals surface area (Å²) in [5, 5.41) is 0. The largest absolute Gasteiger partial charge is 0.298 e. The standard InChI is InChI=1S/C8H8O/c9-5-8-4-6-1-2-7(8)3-6/h1-2,4-7H,3H2/t6-,7+/m1/s1. The lowest BCUT2D eigenvalue weighted by Crippen LogP contribution is -1.93. The van der Waals surface area contributed by atoms with Gasteiger partial charge in [0.1, 0.15) is 6.29 Å². The molecule has 1 nitrogen and oxygen atoms in total. The predicted octanol–water partition coefficient (Wildman–Crippen LogP) is 1.32. The molecule has 0 radical (unpaired) electrons. The molecule has 2 bridgehead atoms. The van der Waals surface area contributed by atoms with Gasteiger partial charge in [-0.3, -0.25) is 4.79 Å². The number of fused-ring (bicyclic) bond motifs is 2. The quantitative estimate of drug-likeness (QED) is 0.376. The van der Waals surface area contributed by atoms with Gasteiger partial charge in [-0.25, -0.2) is 0 Å². The lowest BCUT2D eigenvalue weighted by Gasteiger charge is -1.98. The monoisotopic (exact) mass is 120 g/mol. The second kappa shape index (κ2) is 1.56. The van der Waals surface area contributed by atoms with E-state index in [2.05, 4.69) is 18.2 Å². The van der Waals surface area contributed by atoms with Crippen LogP contribution in [0.5, 0.6) is 0 Å². The Morgan fingerprint density at radius 3 is 2.78 bits per heavy atom. The van der Waals surface area contributed by atoms with Gasteiger partial charge < -0.3 is 0 Å². The molecule has 2 aliphatic carbocycles. The molecule has 0 aromatic rings. The van der Waals surface area contributed by atoms with Crippen LogP contribution in [0.15, 0.2) is 23.8 Å². The summed E-state index contributed by atoms with van der Waals surface area (Å²) >= 11 is 0. The van der Waals surface area contributed by atoms with E-state index in [4.69, 9.17) is 0 Å². The van der Waals surface area contributed by atoms with Gasteiger partial charge in [-0.1, -0.05) is 18.2 Å². The summed E-state index contributed by atoms with van der Waals surface area (Å²) in [5.74, 6) is 1.04.